The third kappa shape index (κ3) is 1.92. The van der Waals surface area contributed by atoms with Crippen molar-refractivity contribution >= 4 is 11.0 Å². The fraction of sp³-hybridized carbons (Fsp3) is 0.455. The smallest absolute Gasteiger partial charge is 0.113 e. The molecule has 3 nitrogen and oxygen atoms in total. The molecule has 0 saturated heterocycles. The Morgan fingerprint density at radius 3 is 2.57 bits per heavy atom. The minimum Gasteiger partial charge on any atom is -0.197 e. The Hall–Kier alpha value is -1.38. The lowest BCUT2D eigenvalue weighted by atomic mass is 9.88. The maximum atomic E-state index is 4.07. The van der Waals surface area contributed by atoms with Gasteiger partial charge >= 0.3 is 0 Å². The van der Waals surface area contributed by atoms with Crippen molar-refractivity contribution in [2.24, 2.45) is 5.41 Å². The van der Waals surface area contributed by atoms with Crippen LogP contribution in [-0.2, 0) is 6.42 Å². The van der Waals surface area contributed by atoms with Crippen molar-refractivity contribution in [1.82, 2.24) is 15.4 Å². The van der Waals surface area contributed by atoms with E-state index < -0.39 is 0 Å². The van der Waals surface area contributed by atoms with Gasteiger partial charge in [-0.2, -0.15) is 15.4 Å². The van der Waals surface area contributed by atoms with Crippen molar-refractivity contribution < 1.29 is 0 Å². The maximum absolute atomic E-state index is 4.07. The number of H-pyrrole nitrogens is 1. The number of benzene rings is 1. The summed E-state index contributed by atoms with van der Waals surface area (Å²) in [5.74, 6) is 0. The lowest BCUT2D eigenvalue weighted by Gasteiger charge is -2.17. The summed E-state index contributed by atoms with van der Waals surface area (Å²) in [6, 6.07) is 6.24. The van der Waals surface area contributed by atoms with Gasteiger partial charge in [-0.15, -0.1) is 0 Å². The highest BCUT2D eigenvalue weighted by Crippen LogP contribution is 2.22. The molecule has 1 N–H and O–H groups in total. The average molecular weight is 189 g/mol. The van der Waals surface area contributed by atoms with Crippen molar-refractivity contribution in [2.75, 3.05) is 0 Å². The van der Waals surface area contributed by atoms with Crippen LogP contribution >= 0.6 is 0 Å². The first kappa shape index (κ1) is 9.19. The zero-order valence-electron chi connectivity index (χ0n) is 8.83. The van der Waals surface area contributed by atoms with Crippen LogP contribution < -0.4 is 0 Å². The SMILES string of the molecule is CC(C)(C)Cc1ccc2n[nH]nc2c1. The van der Waals surface area contributed by atoms with Crippen LogP contribution in [0.1, 0.15) is 26.3 Å². The number of aromatic amines is 1. The van der Waals surface area contributed by atoms with E-state index in [0.717, 1.165) is 17.5 Å². The van der Waals surface area contributed by atoms with Crippen LogP contribution in [0.2, 0.25) is 0 Å². The van der Waals surface area contributed by atoms with Gasteiger partial charge in [0.15, 0.2) is 0 Å². The number of hydrogen-bond donors (Lipinski definition) is 1. The van der Waals surface area contributed by atoms with Gasteiger partial charge in [0.1, 0.15) is 11.0 Å². The van der Waals surface area contributed by atoms with E-state index in [1.54, 1.807) is 0 Å². The fourth-order valence-electron chi connectivity index (χ4n) is 1.61. The molecule has 0 aliphatic heterocycles. The van der Waals surface area contributed by atoms with E-state index in [4.69, 9.17) is 0 Å². The predicted molar refractivity (Wildman–Crippen MR) is 57.0 cm³/mol. The molecule has 0 saturated carbocycles. The number of aromatic nitrogens is 3. The van der Waals surface area contributed by atoms with Crippen LogP contribution in [0.25, 0.3) is 11.0 Å². The number of fused-ring (bicyclic) bond motifs is 1. The molecule has 1 aromatic carbocycles. The summed E-state index contributed by atoms with van der Waals surface area (Å²) < 4.78 is 0. The molecule has 74 valence electrons. The molecule has 1 aromatic heterocycles. The van der Waals surface area contributed by atoms with Crippen molar-refractivity contribution in [3.05, 3.63) is 23.8 Å². The molecule has 0 aliphatic rings. The summed E-state index contributed by atoms with van der Waals surface area (Å²) in [6.07, 6.45) is 1.07. The second-order valence-electron chi connectivity index (χ2n) is 4.88. The third-order valence-electron chi connectivity index (χ3n) is 2.12. The molecule has 0 aliphatic carbocycles. The largest absolute Gasteiger partial charge is 0.197 e. The van der Waals surface area contributed by atoms with E-state index in [-0.39, 0.29) is 0 Å². The second-order valence-corrected chi connectivity index (χ2v) is 4.88. The van der Waals surface area contributed by atoms with Gasteiger partial charge in [-0.25, -0.2) is 0 Å². The third-order valence-corrected chi connectivity index (χ3v) is 2.12. The summed E-state index contributed by atoms with van der Waals surface area (Å²) in [6.45, 7) is 6.71. The first-order chi connectivity index (χ1) is 6.54. The minimum atomic E-state index is 0.317. The van der Waals surface area contributed by atoms with Crippen LogP contribution in [0.4, 0.5) is 0 Å². The molecule has 0 fully saturated rings. The molecule has 0 unspecified atom stereocenters. The minimum absolute atomic E-state index is 0.317. The Labute approximate surface area is 83.5 Å². The molecule has 14 heavy (non-hydrogen) atoms. The van der Waals surface area contributed by atoms with Gasteiger partial charge in [-0.3, -0.25) is 0 Å². The summed E-state index contributed by atoms with van der Waals surface area (Å²) in [5, 5.41) is 10.7. The summed E-state index contributed by atoms with van der Waals surface area (Å²) in [4.78, 5) is 0. The molecule has 2 aromatic rings. The molecule has 0 radical (unpaired) electrons. The topological polar surface area (TPSA) is 41.6 Å². The Morgan fingerprint density at radius 1 is 1.14 bits per heavy atom. The van der Waals surface area contributed by atoms with Crippen LogP contribution in [-0.4, -0.2) is 15.4 Å². The Kier molecular flexibility index (Phi) is 2.02. The number of nitrogens with zero attached hydrogens (tertiary/aromatic N) is 2. The highest BCUT2D eigenvalue weighted by molar-refractivity contribution is 5.74. The Morgan fingerprint density at radius 2 is 1.86 bits per heavy atom. The van der Waals surface area contributed by atoms with Gasteiger partial charge in [0.25, 0.3) is 0 Å². The number of rotatable bonds is 1. The van der Waals surface area contributed by atoms with E-state index in [1.807, 2.05) is 6.07 Å². The Bertz CT molecular complexity index is 437. The molecular formula is C11H15N3. The monoisotopic (exact) mass is 189 g/mol. The van der Waals surface area contributed by atoms with Crippen molar-refractivity contribution in [3.63, 3.8) is 0 Å². The zero-order valence-corrected chi connectivity index (χ0v) is 8.83. The van der Waals surface area contributed by atoms with Gasteiger partial charge in [-0.1, -0.05) is 26.8 Å². The lowest BCUT2D eigenvalue weighted by Crippen LogP contribution is -2.08. The molecule has 0 bridgehead atoms. The van der Waals surface area contributed by atoms with E-state index in [1.165, 1.54) is 5.56 Å². The lowest BCUT2D eigenvalue weighted by molar-refractivity contribution is 0.411. The first-order valence-electron chi connectivity index (χ1n) is 4.84. The molecule has 0 amide bonds. The van der Waals surface area contributed by atoms with Crippen LogP contribution in [0.5, 0.6) is 0 Å². The zero-order chi connectivity index (χ0) is 10.2. The van der Waals surface area contributed by atoms with Crippen LogP contribution in [0, 0.1) is 5.41 Å². The standard InChI is InChI=1S/C11H15N3/c1-11(2,3)7-8-4-5-9-10(6-8)13-14-12-9/h4-6H,7H2,1-3H3,(H,12,13,14). The van der Waals surface area contributed by atoms with Gasteiger partial charge in [0.05, 0.1) is 0 Å². The first-order valence-corrected chi connectivity index (χ1v) is 4.84. The van der Waals surface area contributed by atoms with Crippen molar-refractivity contribution in [1.29, 1.82) is 0 Å². The molecule has 3 heteroatoms. The highest BCUT2D eigenvalue weighted by atomic mass is 15.3. The average Bonchev–Trinajstić information content (AvgIpc) is 2.47. The molecular weight excluding hydrogens is 174 g/mol. The van der Waals surface area contributed by atoms with E-state index in [0.29, 0.717) is 5.41 Å². The van der Waals surface area contributed by atoms with Gasteiger partial charge in [0, 0.05) is 0 Å². The van der Waals surface area contributed by atoms with Crippen molar-refractivity contribution in [2.45, 2.75) is 27.2 Å². The molecule has 0 spiro atoms. The van der Waals surface area contributed by atoms with Crippen LogP contribution in [0.15, 0.2) is 18.2 Å². The quantitative estimate of drug-likeness (QED) is 0.749. The molecule has 1 heterocycles. The van der Waals surface area contributed by atoms with E-state index in [9.17, 15) is 0 Å². The van der Waals surface area contributed by atoms with E-state index >= 15 is 0 Å². The van der Waals surface area contributed by atoms with Gasteiger partial charge in [-0.05, 0) is 29.5 Å². The normalized spacial score (nSPS) is 12.2. The highest BCUT2D eigenvalue weighted by Gasteiger charge is 2.11. The molecule has 2 rings (SSSR count). The van der Waals surface area contributed by atoms with E-state index in [2.05, 4.69) is 48.3 Å². The summed E-state index contributed by atoms with van der Waals surface area (Å²) in [5.41, 5.74) is 3.52. The van der Waals surface area contributed by atoms with Crippen molar-refractivity contribution in [3.8, 4) is 0 Å². The molecule has 0 atom stereocenters. The summed E-state index contributed by atoms with van der Waals surface area (Å²) in [7, 11) is 0. The number of nitrogens with one attached hydrogen (secondary N) is 1. The Balaban J connectivity index is 2.35. The number of hydrogen-bond acceptors (Lipinski definition) is 2. The second kappa shape index (κ2) is 3.08. The van der Waals surface area contributed by atoms with Gasteiger partial charge < -0.3 is 0 Å². The predicted octanol–water partition coefficient (Wildman–Crippen LogP) is 2.55. The maximum Gasteiger partial charge on any atom is 0.113 e. The fourth-order valence-corrected chi connectivity index (χ4v) is 1.61. The summed E-state index contributed by atoms with van der Waals surface area (Å²) >= 11 is 0. The van der Waals surface area contributed by atoms with Crippen LogP contribution in [0.3, 0.4) is 0 Å². The van der Waals surface area contributed by atoms with Gasteiger partial charge in [0.2, 0.25) is 0 Å².